The first-order chi connectivity index (χ1) is 17.3. The molecular weight excluding hydrogens is 477 g/mol. The molecule has 1 aliphatic carbocycles. The number of benzene rings is 1. The van der Waals surface area contributed by atoms with Crippen molar-refractivity contribution in [2.24, 2.45) is 11.8 Å². The number of nitrogens with zero attached hydrogens (tertiary/aromatic N) is 3. The second-order valence-electron chi connectivity index (χ2n) is 10.4. The fraction of sp³-hybridized carbons (Fsp3) is 0.593. The highest BCUT2D eigenvalue weighted by molar-refractivity contribution is 7.15. The van der Waals surface area contributed by atoms with Crippen LogP contribution in [0.25, 0.3) is 0 Å². The maximum absolute atomic E-state index is 13.3. The molecule has 0 spiro atoms. The van der Waals surface area contributed by atoms with Crippen LogP contribution in [0.1, 0.15) is 49.5 Å². The maximum Gasteiger partial charge on any atom is 0.321 e. The van der Waals surface area contributed by atoms with Crippen LogP contribution < -0.4 is 10.6 Å². The second kappa shape index (κ2) is 12.1. The van der Waals surface area contributed by atoms with E-state index in [2.05, 4.69) is 20.5 Å². The Hall–Kier alpha value is -2.52. The van der Waals surface area contributed by atoms with Crippen LogP contribution in [0.5, 0.6) is 0 Å². The lowest BCUT2D eigenvalue weighted by molar-refractivity contribution is -0.130. The average molecular weight is 516 g/mol. The first kappa shape index (κ1) is 26.5. The summed E-state index contributed by atoms with van der Waals surface area (Å²) in [6.45, 7) is 6.52. The number of carbonyl (C=O) groups excluding carboxylic acids is 2. The Kier molecular flexibility index (Phi) is 8.95. The Morgan fingerprint density at radius 2 is 2.00 bits per heavy atom. The van der Waals surface area contributed by atoms with Gasteiger partial charge in [-0.05, 0) is 81.5 Å². The molecule has 9 heteroatoms. The average Bonchev–Trinajstić information content (AvgIpc) is 3.25. The van der Waals surface area contributed by atoms with Crippen LogP contribution in [0, 0.1) is 24.6 Å². The molecule has 2 N–H and O–H groups in total. The predicted molar refractivity (Wildman–Crippen MR) is 142 cm³/mol. The zero-order chi connectivity index (χ0) is 25.7. The summed E-state index contributed by atoms with van der Waals surface area (Å²) in [7, 11) is 1.88. The molecule has 2 heterocycles. The monoisotopic (exact) mass is 515 g/mol. The number of likely N-dealkylation sites (tertiary alicyclic amines) is 1. The van der Waals surface area contributed by atoms with E-state index in [9.17, 15) is 14.0 Å². The molecule has 3 amide bonds. The first-order valence-corrected chi connectivity index (χ1v) is 13.8. The van der Waals surface area contributed by atoms with Gasteiger partial charge >= 0.3 is 6.03 Å². The number of thiazole rings is 1. The highest BCUT2D eigenvalue weighted by Gasteiger charge is 2.36. The van der Waals surface area contributed by atoms with Crippen molar-refractivity contribution in [3.63, 3.8) is 0 Å². The molecule has 1 aromatic heterocycles. The van der Waals surface area contributed by atoms with Crippen LogP contribution in [0.15, 0.2) is 30.5 Å². The van der Waals surface area contributed by atoms with E-state index in [1.807, 2.05) is 31.0 Å². The van der Waals surface area contributed by atoms with Gasteiger partial charge in [0.25, 0.3) is 0 Å². The third-order valence-corrected chi connectivity index (χ3v) is 8.52. The van der Waals surface area contributed by atoms with Crippen molar-refractivity contribution in [2.75, 3.05) is 32.0 Å². The number of aromatic nitrogens is 1. The van der Waals surface area contributed by atoms with Crippen molar-refractivity contribution < 1.29 is 14.0 Å². The lowest BCUT2D eigenvalue weighted by atomic mass is 9.80. The van der Waals surface area contributed by atoms with Gasteiger partial charge in [-0.1, -0.05) is 12.1 Å². The van der Waals surface area contributed by atoms with Crippen molar-refractivity contribution in [1.29, 1.82) is 0 Å². The lowest BCUT2D eigenvalue weighted by Crippen LogP contribution is -2.53. The number of amides is 3. The summed E-state index contributed by atoms with van der Waals surface area (Å²) in [6.07, 6.45) is 7.60. The highest BCUT2D eigenvalue weighted by atomic mass is 32.1. The Morgan fingerprint density at radius 1 is 1.22 bits per heavy atom. The van der Waals surface area contributed by atoms with E-state index in [0.29, 0.717) is 11.0 Å². The normalized spacial score (nSPS) is 24.8. The summed E-state index contributed by atoms with van der Waals surface area (Å²) in [5.41, 5.74) is 1.18. The molecule has 36 heavy (non-hydrogen) atoms. The fourth-order valence-electron chi connectivity index (χ4n) is 5.72. The van der Waals surface area contributed by atoms with Gasteiger partial charge in [0.05, 0.1) is 0 Å². The Labute approximate surface area is 217 Å². The maximum atomic E-state index is 13.3. The summed E-state index contributed by atoms with van der Waals surface area (Å²) in [6, 6.07) is 6.87. The Morgan fingerprint density at radius 3 is 2.69 bits per heavy atom. The van der Waals surface area contributed by atoms with Crippen LogP contribution in [0.2, 0.25) is 0 Å². The van der Waals surface area contributed by atoms with Gasteiger partial charge in [-0.25, -0.2) is 14.2 Å². The highest BCUT2D eigenvalue weighted by Crippen LogP contribution is 2.31. The number of aryl methyl sites for hydroxylation is 1. The predicted octanol–water partition coefficient (Wildman–Crippen LogP) is 4.68. The van der Waals surface area contributed by atoms with E-state index in [1.54, 1.807) is 13.1 Å². The summed E-state index contributed by atoms with van der Waals surface area (Å²) in [5, 5.41) is 6.69. The number of piperidine rings is 1. The smallest absolute Gasteiger partial charge is 0.321 e. The van der Waals surface area contributed by atoms with Crippen LogP contribution >= 0.6 is 11.3 Å². The molecule has 4 rings (SSSR count). The topological polar surface area (TPSA) is 77.6 Å². The molecule has 1 saturated carbocycles. The van der Waals surface area contributed by atoms with Crippen molar-refractivity contribution in [3.8, 4) is 0 Å². The minimum atomic E-state index is -0.217. The summed E-state index contributed by atoms with van der Waals surface area (Å²) < 4.78 is 13.3. The second-order valence-corrected chi connectivity index (χ2v) is 11.7. The zero-order valence-corrected chi connectivity index (χ0v) is 22.3. The zero-order valence-electron chi connectivity index (χ0n) is 21.5. The number of rotatable bonds is 7. The molecule has 0 bridgehead atoms. The Bertz CT molecular complexity index is 1030. The standard InChI is InChI=1S/C27H38FN5O2S/c1-18-15-29-27(36-18)31-26(35)30-25-11-10-24(32(3)19(2)34)14-22(25)17-33-12-4-5-21(16-33)13-20-6-8-23(28)9-7-20/h6-9,15,21-22,24-25H,4-5,10-14,16-17H2,1-3H3,(H2,29,30,31,35)/t21-,22-,24+,25?/m0/s1. The van der Waals surface area contributed by atoms with Crippen LogP contribution in [-0.2, 0) is 11.2 Å². The van der Waals surface area contributed by atoms with E-state index in [4.69, 9.17) is 0 Å². The Balaban J connectivity index is 1.39. The number of nitrogens with one attached hydrogen (secondary N) is 2. The van der Waals surface area contributed by atoms with Crippen molar-refractivity contribution in [2.45, 2.75) is 64.5 Å². The van der Waals surface area contributed by atoms with Crippen molar-refractivity contribution >= 4 is 28.4 Å². The van der Waals surface area contributed by atoms with Crippen LogP contribution in [0.4, 0.5) is 14.3 Å². The van der Waals surface area contributed by atoms with Crippen molar-refractivity contribution in [3.05, 3.63) is 46.7 Å². The molecule has 196 valence electrons. The molecule has 1 saturated heterocycles. The summed E-state index contributed by atoms with van der Waals surface area (Å²) >= 11 is 1.46. The largest absolute Gasteiger partial charge is 0.343 e. The quantitative estimate of drug-likeness (QED) is 0.561. The van der Waals surface area contributed by atoms with Crippen LogP contribution in [-0.4, -0.2) is 65.5 Å². The number of hydrogen-bond donors (Lipinski definition) is 2. The van der Waals surface area contributed by atoms with E-state index < -0.39 is 0 Å². The third-order valence-electron chi connectivity index (χ3n) is 7.69. The third kappa shape index (κ3) is 7.26. The molecule has 2 fully saturated rings. The summed E-state index contributed by atoms with van der Waals surface area (Å²) in [4.78, 5) is 34.5. The number of anilines is 1. The lowest BCUT2D eigenvalue weighted by Gasteiger charge is -2.43. The number of halogens is 1. The molecule has 2 aromatic rings. The molecule has 7 nitrogen and oxygen atoms in total. The van der Waals surface area contributed by atoms with Gasteiger partial charge < -0.3 is 15.1 Å². The molecule has 4 atom stereocenters. The van der Waals surface area contributed by atoms with E-state index >= 15 is 0 Å². The minimum absolute atomic E-state index is 0.0418. The molecule has 2 aliphatic rings. The number of urea groups is 1. The van der Waals surface area contributed by atoms with Gasteiger partial charge in [-0.2, -0.15) is 0 Å². The van der Waals surface area contributed by atoms with Gasteiger partial charge in [-0.3, -0.25) is 10.1 Å². The van der Waals surface area contributed by atoms with Gasteiger partial charge in [0.1, 0.15) is 5.82 Å². The van der Waals surface area contributed by atoms with Gasteiger partial charge in [0, 0.05) is 50.2 Å². The van der Waals surface area contributed by atoms with Gasteiger partial charge in [-0.15, -0.1) is 11.3 Å². The molecule has 0 radical (unpaired) electrons. The van der Waals surface area contributed by atoms with Gasteiger partial charge in [0.15, 0.2) is 5.13 Å². The molecule has 1 aliphatic heterocycles. The number of hydrogen-bond acceptors (Lipinski definition) is 5. The van der Waals surface area contributed by atoms with E-state index in [1.165, 1.54) is 35.5 Å². The van der Waals surface area contributed by atoms with E-state index in [0.717, 1.165) is 56.6 Å². The van der Waals surface area contributed by atoms with E-state index in [-0.39, 0.29) is 35.8 Å². The van der Waals surface area contributed by atoms with Crippen LogP contribution in [0.3, 0.4) is 0 Å². The summed E-state index contributed by atoms with van der Waals surface area (Å²) in [5.74, 6) is 0.670. The SMILES string of the molecule is CC(=O)N(C)[C@@H]1CCC(NC(=O)Nc2ncc(C)s2)[C@H](CN2CCC[C@@H](Cc3ccc(F)cc3)C2)C1. The molecule has 1 unspecified atom stereocenters. The first-order valence-electron chi connectivity index (χ1n) is 13.0. The fourth-order valence-corrected chi connectivity index (χ4v) is 6.38. The number of carbonyl (C=O) groups is 2. The minimum Gasteiger partial charge on any atom is -0.343 e. The van der Waals surface area contributed by atoms with Gasteiger partial charge in [0.2, 0.25) is 5.91 Å². The molecular formula is C27H38FN5O2S. The molecule has 1 aromatic carbocycles. The van der Waals surface area contributed by atoms with Crippen molar-refractivity contribution in [1.82, 2.24) is 20.1 Å².